The van der Waals surface area contributed by atoms with Crippen LogP contribution < -0.4 is 5.32 Å². The Morgan fingerprint density at radius 1 is 0.744 bits per heavy atom. The van der Waals surface area contributed by atoms with Crippen molar-refractivity contribution < 1.29 is 15.7 Å². The Morgan fingerprint density at radius 3 is 1.72 bits per heavy atom. The maximum absolute atomic E-state index is 13.9. The highest BCUT2D eigenvalue weighted by atomic mass is 35.5. The highest BCUT2D eigenvalue weighted by Gasteiger charge is 2.54. The monoisotopic (exact) mass is 579 g/mol. The molecule has 1 heterocycles. The zero-order valence-corrected chi connectivity index (χ0v) is 24.5. The fourth-order valence-electron chi connectivity index (χ4n) is 8.07. The third-order valence-corrected chi connectivity index (χ3v) is 9.37. The highest BCUT2D eigenvalue weighted by Crippen LogP contribution is 2.60. The maximum atomic E-state index is 13.9. The number of carbonyl (C=O) groups is 1. The van der Waals surface area contributed by atoms with Gasteiger partial charge in [0.15, 0.2) is 0 Å². The number of amides is 1. The van der Waals surface area contributed by atoms with Gasteiger partial charge in [-0.05, 0) is 73.8 Å². The van der Waals surface area contributed by atoms with Crippen molar-refractivity contribution in [3.8, 4) is 0 Å². The molecule has 7 rings (SSSR count). The van der Waals surface area contributed by atoms with Gasteiger partial charge < -0.3 is 16.3 Å². The molecule has 0 aromatic heterocycles. The smallest absolute Gasteiger partial charge is 0.226 e. The average molecular weight is 581 g/mol. The molecule has 8 heteroatoms. The number of hydrogen-bond acceptors (Lipinski definition) is 3. The molecule has 1 atom stereocenters. The van der Waals surface area contributed by atoms with Crippen LogP contribution in [0.4, 0.5) is 0 Å². The van der Waals surface area contributed by atoms with E-state index in [1.54, 1.807) is 0 Å². The van der Waals surface area contributed by atoms with Crippen LogP contribution in [0, 0.1) is 23.2 Å². The van der Waals surface area contributed by atoms with E-state index in [0.717, 1.165) is 82.7 Å². The number of nitrogens with one attached hydrogen (secondary N) is 1. The lowest BCUT2D eigenvalue weighted by atomic mass is 9.49. The quantitative estimate of drug-likeness (QED) is 0.512. The zero-order chi connectivity index (χ0) is 23.7. The molecule has 6 nitrogen and oxygen atoms in total. The van der Waals surface area contributed by atoms with E-state index in [1.165, 1.54) is 30.4 Å². The molecule has 218 valence electrons. The average Bonchev–Trinajstić information content (AvgIpc) is 2.86. The Bertz CT molecular complexity index is 967. The van der Waals surface area contributed by atoms with E-state index in [-0.39, 0.29) is 47.2 Å². The molecule has 0 spiro atoms. The molecule has 1 amide bonds. The molecule has 1 saturated heterocycles. The van der Waals surface area contributed by atoms with Crippen molar-refractivity contribution in [3.05, 3.63) is 71.8 Å². The van der Waals surface area contributed by atoms with Gasteiger partial charge in [-0.15, -0.1) is 24.8 Å². The van der Waals surface area contributed by atoms with Gasteiger partial charge in [-0.2, -0.15) is 0 Å². The highest BCUT2D eigenvalue weighted by molar-refractivity contribution is 5.85. The van der Waals surface area contributed by atoms with Crippen LogP contribution in [0.2, 0.25) is 0 Å². The Labute approximate surface area is 246 Å². The number of piperazine rings is 1. The fourth-order valence-corrected chi connectivity index (χ4v) is 8.07. The number of rotatable bonds is 8. The number of benzene rings is 2. The van der Waals surface area contributed by atoms with Gasteiger partial charge in [0.2, 0.25) is 5.91 Å². The van der Waals surface area contributed by atoms with E-state index in [1.807, 2.05) is 0 Å². The van der Waals surface area contributed by atoms with Crippen molar-refractivity contribution in [3.63, 3.8) is 0 Å². The van der Waals surface area contributed by atoms with Crippen LogP contribution in [0.25, 0.3) is 0 Å². The van der Waals surface area contributed by atoms with E-state index in [9.17, 15) is 4.79 Å². The van der Waals surface area contributed by atoms with E-state index < -0.39 is 0 Å². The summed E-state index contributed by atoms with van der Waals surface area (Å²) in [5, 5.41) is 3.63. The molecule has 1 unspecified atom stereocenters. The van der Waals surface area contributed by atoms with Crippen LogP contribution in [0.15, 0.2) is 60.7 Å². The van der Waals surface area contributed by atoms with Gasteiger partial charge in [0, 0.05) is 50.7 Å². The van der Waals surface area contributed by atoms with E-state index in [2.05, 4.69) is 75.8 Å². The third-order valence-electron chi connectivity index (χ3n) is 9.37. The Balaban J connectivity index is 0.00000133. The molecular formula is C31H47Cl2N3O3. The normalized spacial score (nSPS) is 28.2. The first-order valence-electron chi connectivity index (χ1n) is 14.0. The topological polar surface area (TPSA) is 98.6 Å². The lowest BCUT2D eigenvalue weighted by molar-refractivity contribution is -0.147. The molecule has 4 aliphatic carbocycles. The van der Waals surface area contributed by atoms with Crippen LogP contribution in [-0.4, -0.2) is 65.4 Å². The van der Waals surface area contributed by atoms with Crippen molar-refractivity contribution in [2.24, 2.45) is 23.2 Å². The van der Waals surface area contributed by atoms with Gasteiger partial charge in [0.05, 0.1) is 0 Å². The molecule has 5 aliphatic rings. The first-order chi connectivity index (χ1) is 17.1. The van der Waals surface area contributed by atoms with Crippen molar-refractivity contribution in [1.29, 1.82) is 0 Å². The van der Waals surface area contributed by atoms with E-state index in [0.29, 0.717) is 5.91 Å². The van der Waals surface area contributed by atoms with Crippen LogP contribution in [0.3, 0.4) is 0 Å². The van der Waals surface area contributed by atoms with Crippen LogP contribution in [0.1, 0.15) is 49.7 Å². The molecule has 5 N–H and O–H groups in total. The predicted octanol–water partition coefficient (Wildman–Crippen LogP) is 3.94. The van der Waals surface area contributed by atoms with Crippen molar-refractivity contribution in [2.75, 3.05) is 32.7 Å². The van der Waals surface area contributed by atoms with Gasteiger partial charge in [-0.25, -0.2) is 0 Å². The summed E-state index contributed by atoms with van der Waals surface area (Å²) >= 11 is 0. The van der Waals surface area contributed by atoms with Crippen LogP contribution in [-0.2, 0) is 17.8 Å². The first-order valence-corrected chi connectivity index (χ1v) is 14.0. The van der Waals surface area contributed by atoms with E-state index in [4.69, 9.17) is 0 Å². The number of carbonyl (C=O) groups excluding carboxylic acids is 1. The van der Waals surface area contributed by atoms with Crippen molar-refractivity contribution in [1.82, 2.24) is 15.1 Å². The van der Waals surface area contributed by atoms with Crippen molar-refractivity contribution >= 4 is 30.7 Å². The summed E-state index contributed by atoms with van der Waals surface area (Å²) in [5.74, 6) is 2.78. The molecular weight excluding hydrogens is 533 g/mol. The molecule has 2 aromatic rings. The van der Waals surface area contributed by atoms with E-state index >= 15 is 0 Å². The minimum atomic E-state index is -0.0714. The molecule has 4 saturated carbocycles. The summed E-state index contributed by atoms with van der Waals surface area (Å²) < 4.78 is 0. The van der Waals surface area contributed by atoms with Gasteiger partial charge in [-0.3, -0.25) is 14.6 Å². The number of nitrogens with zero attached hydrogens (tertiary/aromatic N) is 2. The minimum Gasteiger partial charge on any atom is -0.412 e. The minimum absolute atomic E-state index is 0. The summed E-state index contributed by atoms with van der Waals surface area (Å²) in [6.45, 7) is 6.32. The Morgan fingerprint density at radius 2 is 1.21 bits per heavy atom. The van der Waals surface area contributed by atoms with Crippen molar-refractivity contribution in [2.45, 2.75) is 57.5 Å². The van der Waals surface area contributed by atoms with Gasteiger partial charge in [0.1, 0.15) is 0 Å². The van der Waals surface area contributed by atoms with Gasteiger partial charge in [0.25, 0.3) is 0 Å². The third kappa shape index (κ3) is 7.96. The zero-order valence-electron chi connectivity index (χ0n) is 22.9. The number of hydrogen-bond donors (Lipinski definition) is 1. The Kier molecular flexibility index (Phi) is 12.7. The molecule has 1 aliphatic heterocycles. The second kappa shape index (κ2) is 14.8. The largest absolute Gasteiger partial charge is 0.412 e. The molecule has 39 heavy (non-hydrogen) atoms. The summed E-state index contributed by atoms with van der Waals surface area (Å²) in [5.41, 5.74) is 2.65. The summed E-state index contributed by atoms with van der Waals surface area (Å²) in [6, 6.07) is 21.7. The lowest BCUT2D eigenvalue weighted by Crippen LogP contribution is -2.57. The van der Waals surface area contributed by atoms with Gasteiger partial charge in [-0.1, -0.05) is 60.7 Å². The molecule has 0 radical (unpaired) electrons. The molecule has 4 bridgehead atoms. The maximum Gasteiger partial charge on any atom is 0.226 e. The van der Waals surface area contributed by atoms with Crippen LogP contribution in [0.5, 0.6) is 0 Å². The molecule has 5 fully saturated rings. The standard InChI is InChI=1S/C31H41N3O.2ClH.2H2O/c35-30(31-19-26-15-27(20-31)17-28(16-26)21-31)32-29(18-24-7-3-1-4-8-24)23-34-13-11-33(12-14-34)22-25-9-5-2-6-10-25;;;;/h1-10,26-29H,11-23H2,(H,32,35);2*1H;2*1H2. The fraction of sp³-hybridized carbons (Fsp3) is 0.581. The van der Waals surface area contributed by atoms with Crippen LogP contribution >= 0.6 is 24.8 Å². The first kappa shape index (κ1) is 33.5. The second-order valence-electron chi connectivity index (χ2n) is 12.1. The SMILES string of the molecule is Cl.Cl.O.O.O=C(NC(Cc1ccccc1)CN1CCN(Cc2ccccc2)CC1)C12CC3CC(CC(C3)C1)C2. The lowest BCUT2D eigenvalue weighted by Gasteiger charge is -2.56. The Hall–Kier alpha value is -1.67. The summed E-state index contributed by atoms with van der Waals surface area (Å²) in [7, 11) is 0. The number of halogens is 2. The summed E-state index contributed by atoms with van der Waals surface area (Å²) in [4.78, 5) is 19.0. The van der Waals surface area contributed by atoms with Gasteiger partial charge >= 0.3 is 0 Å². The summed E-state index contributed by atoms with van der Waals surface area (Å²) in [6.07, 6.45) is 8.49. The second-order valence-corrected chi connectivity index (χ2v) is 12.1. The molecule has 2 aromatic carbocycles. The predicted molar refractivity (Wildman–Crippen MR) is 163 cm³/mol.